The highest BCUT2D eigenvalue weighted by molar-refractivity contribution is 7.85. The number of hydrogen-bond acceptors (Lipinski definition) is 7. The molecule has 0 amide bonds. The third-order valence-electron chi connectivity index (χ3n) is 5.13. The van der Waals surface area contributed by atoms with Gasteiger partial charge in [0.15, 0.2) is 9.70 Å². The van der Waals surface area contributed by atoms with Gasteiger partial charge in [-0.1, -0.05) is 42.1 Å². The van der Waals surface area contributed by atoms with Gasteiger partial charge in [-0.2, -0.15) is 8.42 Å². The molecule has 3 aromatic rings. The summed E-state index contributed by atoms with van der Waals surface area (Å²) in [5, 5.41) is 10.4. The molecule has 7 nitrogen and oxygen atoms in total. The average molecular weight is 503 g/mol. The van der Waals surface area contributed by atoms with Gasteiger partial charge in [0.05, 0.1) is 16.3 Å². The van der Waals surface area contributed by atoms with Crippen molar-refractivity contribution >= 4 is 45.4 Å². The van der Waals surface area contributed by atoms with Crippen LogP contribution in [-0.4, -0.2) is 34.9 Å². The van der Waals surface area contributed by atoms with Crippen molar-refractivity contribution in [3.63, 3.8) is 0 Å². The Morgan fingerprint density at radius 2 is 1.94 bits per heavy atom. The molecule has 10 heteroatoms. The van der Waals surface area contributed by atoms with E-state index in [9.17, 15) is 13.5 Å². The van der Waals surface area contributed by atoms with E-state index in [1.807, 2.05) is 60.4 Å². The van der Waals surface area contributed by atoms with Crippen LogP contribution in [0.5, 0.6) is 11.6 Å². The van der Waals surface area contributed by atoms with E-state index in [1.54, 1.807) is 10.6 Å². The summed E-state index contributed by atoms with van der Waals surface area (Å²) in [7, 11) is -4.08. The minimum Gasteiger partial charge on any atom is -0.493 e. The van der Waals surface area contributed by atoms with Gasteiger partial charge in [-0.05, 0) is 48.8 Å². The summed E-state index contributed by atoms with van der Waals surface area (Å²) in [6, 6.07) is 15.7. The fraction of sp³-hybridized carbons (Fsp3) is 0.217. The third kappa shape index (κ3) is 5.21. The number of benzene rings is 2. The van der Waals surface area contributed by atoms with Crippen molar-refractivity contribution in [2.75, 3.05) is 17.2 Å². The number of fused-ring (bicyclic) bond motifs is 1. The fourth-order valence-electron chi connectivity index (χ4n) is 3.54. The Bertz CT molecular complexity index is 1400. The van der Waals surface area contributed by atoms with Gasteiger partial charge < -0.3 is 14.7 Å². The van der Waals surface area contributed by atoms with Crippen molar-refractivity contribution in [1.82, 2.24) is 4.57 Å². The van der Waals surface area contributed by atoms with Crippen LogP contribution in [0.15, 0.2) is 60.1 Å². The van der Waals surface area contributed by atoms with Gasteiger partial charge in [-0.25, -0.2) is 0 Å². The van der Waals surface area contributed by atoms with Crippen molar-refractivity contribution < 1.29 is 22.8 Å². The molecule has 0 fully saturated rings. The number of rotatable bonds is 7. The minimum atomic E-state index is -4.08. The maximum atomic E-state index is 11.2. The zero-order valence-electron chi connectivity index (χ0n) is 17.8. The van der Waals surface area contributed by atoms with Crippen molar-refractivity contribution in [1.29, 1.82) is 0 Å². The SMILES string of the molecule is CCn1c(O)c(C=C=C2Oc3ccc(-c4ccccc4)cc3N2CCCS(=O)(=O)O)sc1=S. The molecule has 0 aliphatic carbocycles. The summed E-state index contributed by atoms with van der Waals surface area (Å²) in [5.74, 6) is 0.684. The fourth-order valence-corrected chi connectivity index (χ4v) is 5.35. The summed E-state index contributed by atoms with van der Waals surface area (Å²) in [5.41, 5.74) is 5.87. The van der Waals surface area contributed by atoms with Crippen LogP contribution < -0.4 is 9.64 Å². The molecular formula is C23H22N2O5S3. The Morgan fingerprint density at radius 1 is 1.18 bits per heavy atom. The van der Waals surface area contributed by atoms with Gasteiger partial charge in [0.1, 0.15) is 0 Å². The molecule has 1 aliphatic heterocycles. The normalized spacial score (nSPS) is 12.9. The first-order valence-corrected chi connectivity index (χ1v) is 13.1. The molecule has 33 heavy (non-hydrogen) atoms. The maximum Gasteiger partial charge on any atom is 0.264 e. The van der Waals surface area contributed by atoms with E-state index >= 15 is 0 Å². The molecule has 0 bridgehead atoms. The maximum absolute atomic E-state index is 11.2. The van der Waals surface area contributed by atoms with Gasteiger partial charge in [-0.15, -0.1) is 11.3 Å². The first kappa shape index (κ1) is 23.3. The smallest absolute Gasteiger partial charge is 0.264 e. The van der Waals surface area contributed by atoms with Crippen LogP contribution in [0.2, 0.25) is 0 Å². The molecule has 2 aromatic carbocycles. The molecule has 0 saturated carbocycles. The zero-order valence-corrected chi connectivity index (χ0v) is 20.2. The van der Waals surface area contributed by atoms with Crippen molar-refractivity contribution in [2.24, 2.45) is 0 Å². The van der Waals surface area contributed by atoms with Crippen LogP contribution in [-0.2, 0) is 16.7 Å². The number of aromatic nitrogens is 1. The Morgan fingerprint density at radius 3 is 2.61 bits per heavy atom. The monoisotopic (exact) mass is 502 g/mol. The van der Waals surface area contributed by atoms with Crippen LogP contribution >= 0.6 is 23.6 Å². The largest absolute Gasteiger partial charge is 0.493 e. The number of aromatic hydroxyl groups is 1. The number of nitrogens with zero attached hydrogens (tertiary/aromatic N) is 2. The second-order valence-electron chi connectivity index (χ2n) is 7.34. The second-order valence-corrected chi connectivity index (χ2v) is 10.6. The summed E-state index contributed by atoms with van der Waals surface area (Å²) in [6.45, 7) is 2.74. The van der Waals surface area contributed by atoms with E-state index in [0.29, 0.717) is 33.6 Å². The van der Waals surface area contributed by atoms with E-state index in [4.69, 9.17) is 21.5 Å². The molecule has 0 atom stereocenters. The molecule has 0 saturated heterocycles. The highest BCUT2D eigenvalue weighted by Crippen LogP contribution is 2.41. The lowest BCUT2D eigenvalue weighted by Crippen LogP contribution is -2.23. The summed E-state index contributed by atoms with van der Waals surface area (Å²) in [4.78, 5) is 2.37. The lowest BCUT2D eigenvalue weighted by Gasteiger charge is -2.17. The molecular weight excluding hydrogens is 480 g/mol. The highest BCUT2D eigenvalue weighted by Gasteiger charge is 2.27. The molecule has 172 valence electrons. The van der Waals surface area contributed by atoms with E-state index < -0.39 is 10.1 Å². The first-order valence-electron chi connectivity index (χ1n) is 10.3. The first-order chi connectivity index (χ1) is 15.8. The molecule has 1 aliphatic rings. The molecule has 4 rings (SSSR count). The van der Waals surface area contributed by atoms with E-state index in [2.05, 4.69) is 5.73 Å². The topological polar surface area (TPSA) is 92.0 Å². The van der Waals surface area contributed by atoms with Crippen LogP contribution in [0.4, 0.5) is 5.69 Å². The van der Waals surface area contributed by atoms with Gasteiger partial charge in [-0.3, -0.25) is 9.12 Å². The van der Waals surface area contributed by atoms with Gasteiger partial charge in [0.25, 0.3) is 10.1 Å². The van der Waals surface area contributed by atoms with Crippen LogP contribution in [0.1, 0.15) is 18.2 Å². The minimum absolute atomic E-state index is 0.0698. The molecule has 2 N–H and O–H groups in total. The lowest BCUT2D eigenvalue weighted by molar-refractivity contribution is 0.419. The Kier molecular flexibility index (Phi) is 6.73. The predicted molar refractivity (Wildman–Crippen MR) is 133 cm³/mol. The van der Waals surface area contributed by atoms with Crippen LogP contribution in [0.3, 0.4) is 0 Å². The highest BCUT2D eigenvalue weighted by atomic mass is 32.2. The quantitative estimate of drug-likeness (QED) is 0.257. The number of hydrogen-bond donors (Lipinski definition) is 2. The van der Waals surface area contributed by atoms with E-state index in [-0.39, 0.29) is 18.1 Å². The Balaban J connectivity index is 1.72. The van der Waals surface area contributed by atoms with Gasteiger partial charge >= 0.3 is 0 Å². The van der Waals surface area contributed by atoms with Crippen molar-refractivity contribution in [3.8, 4) is 22.8 Å². The van der Waals surface area contributed by atoms with Crippen LogP contribution in [0.25, 0.3) is 17.2 Å². The predicted octanol–water partition coefficient (Wildman–Crippen LogP) is 5.30. The summed E-state index contributed by atoms with van der Waals surface area (Å²) >= 11 is 6.55. The zero-order chi connectivity index (χ0) is 23.6. The molecule has 0 unspecified atom stereocenters. The summed E-state index contributed by atoms with van der Waals surface area (Å²) in [6.07, 6.45) is 1.80. The summed E-state index contributed by atoms with van der Waals surface area (Å²) < 4.78 is 39.8. The van der Waals surface area contributed by atoms with E-state index in [1.165, 1.54) is 11.3 Å². The van der Waals surface area contributed by atoms with Crippen LogP contribution in [0, 0.1) is 3.95 Å². The third-order valence-corrected chi connectivity index (χ3v) is 7.32. The molecule has 0 spiro atoms. The molecule has 0 radical (unpaired) electrons. The van der Waals surface area contributed by atoms with Crippen molar-refractivity contribution in [2.45, 2.75) is 19.9 Å². The second kappa shape index (κ2) is 9.54. The number of anilines is 1. The number of ether oxygens (including phenoxy) is 1. The lowest BCUT2D eigenvalue weighted by atomic mass is 10.0. The van der Waals surface area contributed by atoms with Gasteiger partial charge in [0, 0.05) is 19.2 Å². The van der Waals surface area contributed by atoms with Gasteiger partial charge in [0.2, 0.25) is 11.8 Å². The standard InChI is InChI=1S/C23H22N2O5S3/c1-2-24-22(26)20(32-23(24)31)11-12-21-25(13-6-14-33(27,28)29)18-15-17(9-10-19(18)30-21)16-7-4-3-5-8-16/h3-5,7-11,15,26H,2,6,13-14H2,1H3,(H,27,28,29). The number of thiazole rings is 1. The Hall–Kier alpha value is -2.88. The Labute approximate surface area is 201 Å². The van der Waals surface area contributed by atoms with Crippen molar-refractivity contribution in [3.05, 3.63) is 69.0 Å². The van der Waals surface area contributed by atoms with E-state index in [0.717, 1.165) is 16.8 Å². The molecule has 1 aromatic heterocycles. The molecule has 2 heterocycles. The average Bonchev–Trinajstić information content (AvgIpc) is 3.27.